The summed E-state index contributed by atoms with van der Waals surface area (Å²) in [5.74, 6) is 2.74. The molecule has 29 heavy (non-hydrogen) atoms. The van der Waals surface area contributed by atoms with Crippen molar-refractivity contribution >= 4 is 15.8 Å². The Morgan fingerprint density at radius 3 is 2.24 bits per heavy atom. The zero-order valence-electron chi connectivity index (χ0n) is 17.2. The van der Waals surface area contributed by atoms with Gasteiger partial charge < -0.3 is 4.74 Å². The van der Waals surface area contributed by atoms with E-state index in [1.807, 2.05) is 13.0 Å². The van der Waals surface area contributed by atoms with Crippen LogP contribution in [0.1, 0.15) is 60.9 Å². The summed E-state index contributed by atoms with van der Waals surface area (Å²) < 4.78 is 32.1. The van der Waals surface area contributed by atoms with Crippen LogP contribution in [-0.2, 0) is 10.0 Å². The van der Waals surface area contributed by atoms with E-state index in [1.54, 1.807) is 12.1 Å². The molecule has 5 aliphatic rings. The van der Waals surface area contributed by atoms with Gasteiger partial charge in [-0.15, -0.1) is 0 Å². The highest BCUT2D eigenvalue weighted by molar-refractivity contribution is 7.89. The van der Waals surface area contributed by atoms with Crippen molar-refractivity contribution < 1.29 is 17.9 Å². The molecule has 158 valence electrons. The highest BCUT2D eigenvalue weighted by Gasteiger charge is 2.51. The molecule has 1 aromatic rings. The standard InChI is InChI=1S/C23H31NO4S/c1-16-7-20(21(25)14-29(26,27)24-5-2-6-24)3-4-22(16)28-15-23-11-17-8-18(12-23)10-19(9-17)13-23/h3-4,7,17-19H,2,5-6,8-15H2,1H3. The van der Waals surface area contributed by atoms with E-state index in [0.29, 0.717) is 24.1 Å². The van der Waals surface area contributed by atoms with Gasteiger partial charge in [0, 0.05) is 24.1 Å². The normalized spacial score (nSPS) is 33.5. The summed E-state index contributed by atoms with van der Waals surface area (Å²) in [6, 6.07) is 5.35. The van der Waals surface area contributed by atoms with Gasteiger partial charge >= 0.3 is 0 Å². The van der Waals surface area contributed by atoms with Crippen molar-refractivity contribution in [3.05, 3.63) is 29.3 Å². The summed E-state index contributed by atoms with van der Waals surface area (Å²) >= 11 is 0. The minimum absolute atomic E-state index is 0.340. The zero-order chi connectivity index (χ0) is 20.2. The molecule has 4 aliphatic carbocycles. The number of hydrogen-bond donors (Lipinski definition) is 0. The van der Waals surface area contributed by atoms with Crippen molar-refractivity contribution in [3.8, 4) is 5.75 Å². The van der Waals surface area contributed by atoms with E-state index in [2.05, 4.69) is 0 Å². The molecule has 0 N–H and O–H groups in total. The van der Waals surface area contributed by atoms with Crippen LogP contribution in [0.5, 0.6) is 5.75 Å². The number of nitrogens with zero attached hydrogens (tertiary/aromatic N) is 1. The molecule has 5 nitrogen and oxygen atoms in total. The summed E-state index contributed by atoms with van der Waals surface area (Å²) in [4.78, 5) is 12.5. The summed E-state index contributed by atoms with van der Waals surface area (Å²) in [5.41, 5.74) is 1.71. The number of benzene rings is 1. The lowest BCUT2D eigenvalue weighted by molar-refractivity contribution is -0.0746. The molecule has 5 fully saturated rings. The van der Waals surface area contributed by atoms with Gasteiger partial charge in [0.05, 0.1) is 6.61 Å². The van der Waals surface area contributed by atoms with Crippen molar-refractivity contribution in [2.45, 2.75) is 51.9 Å². The summed E-state index contributed by atoms with van der Waals surface area (Å²) in [5, 5.41) is 0. The molecule has 1 heterocycles. The summed E-state index contributed by atoms with van der Waals surface area (Å²) in [6.07, 6.45) is 9.08. The van der Waals surface area contributed by atoms with Crippen molar-refractivity contribution in [3.63, 3.8) is 0 Å². The number of carbonyl (C=O) groups is 1. The molecule has 1 aromatic carbocycles. The van der Waals surface area contributed by atoms with Gasteiger partial charge in [-0.05, 0) is 93.4 Å². The lowest BCUT2D eigenvalue weighted by atomic mass is 9.50. The number of Topliss-reactive ketones (excluding diaryl/α,β-unsaturated/α-hetero) is 1. The number of aryl methyl sites for hydroxylation is 1. The quantitative estimate of drug-likeness (QED) is 0.633. The monoisotopic (exact) mass is 417 g/mol. The topological polar surface area (TPSA) is 63.7 Å². The van der Waals surface area contributed by atoms with Crippen LogP contribution in [0, 0.1) is 30.1 Å². The highest BCUT2D eigenvalue weighted by atomic mass is 32.2. The second kappa shape index (κ2) is 7.09. The first-order chi connectivity index (χ1) is 13.8. The third kappa shape index (κ3) is 3.74. The Morgan fingerprint density at radius 2 is 1.72 bits per heavy atom. The maximum absolute atomic E-state index is 12.5. The van der Waals surface area contributed by atoms with Crippen LogP contribution in [0.4, 0.5) is 0 Å². The molecule has 0 radical (unpaired) electrons. The van der Waals surface area contributed by atoms with Crippen LogP contribution in [0.3, 0.4) is 0 Å². The van der Waals surface area contributed by atoms with E-state index in [1.165, 1.54) is 42.8 Å². The summed E-state index contributed by atoms with van der Waals surface area (Å²) in [7, 11) is -3.48. The Labute approximate surface area is 173 Å². The lowest BCUT2D eigenvalue weighted by Crippen LogP contribution is -2.48. The Hall–Kier alpha value is -1.40. The Kier molecular flexibility index (Phi) is 4.78. The maximum Gasteiger partial charge on any atom is 0.221 e. The van der Waals surface area contributed by atoms with Crippen LogP contribution >= 0.6 is 0 Å². The first-order valence-corrected chi connectivity index (χ1v) is 12.7. The molecule has 6 rings (SSSR count). The fraction of sp³-hybridized carbons (Fsp3) is 0.696. The molecule has 1 saturated heterocycles. The predicted molar refractivity (Wildman–Crippen MR) is 112 cm³/mol. The molecule has 0 unspecified atom stereocenters. The van der Waals surface area contributed by atoms with Crippen molar-refractivity contribution in [1.82, 2.24) is 4.31 Å². The van der Waals surface area contributed by atoms with Gasteiger partial charge in [0.15, 0.2) is 5.78 Å². The van der Waals surface area contributed by atoms with Crippen LogP contribution < -0.4 is 4.74 Å². The fourth-order valence-electron chi connectivity index (χ4n) is 6.59. The van der Waals surface area contributed by atoms with Crippen LogP contribution in [0.15, 0.2) is 18.2 Å². The largest absolute Gasteiger partial charge is 0.493 e. The van der Waals surface area contributed by atoms with Gasteiger partial charge in [-0.25, -0.2) is 12.7 Å². The number of ketones is 1. The van der Waals surface area contributed by atoms with E-state index in [4.69, 9.17) is 4.74 Å². The predicted octanol–water partition coefficient (Wildman–Crippen LogP) is 3.81. The fourth-order valence-corrected chi connectivity index (χ4v) is 8.08. The third-order valence-electron chi connectivity index (χ3n) is 7.72. The Morgan fingerprint density at radius 1 is 1.10 bits per heavy atom. The number of carbonyl (C=O) groups excluding carboxylic acids is 1. The molecule has 0 amide bonds. The van der Waals surface area contributed by atoms with Crippen LogP contribution in [0.2, 0.25) is 0 Å². The van der Waals surface area contributed by atoms with Gasteiger partial charge in [-0.1, -0.05) is 0 Å². The molecular formula is C23H31NO4S. The lowest BCUT2D eigenvalue weighted by Gasteiger charge is -2.56. The second-order valence-electron chi connectivity index (χ2n) is 10.1. The smallest absolute Gasteiger partial charge is 0.221 e. The second-order valence-corrected chi connectivity index (χ2v) is 12.1. The van der Waals surface area contributed by atoms with Crippen LogP contribution in [-0.4, -0.2) is 44.0 Å². The Balaban J connectivity index is 1.24. The van der Waals surface area contributed by atoms with Crippen molar-refractivity contribution in [1.29, 1.82) is 0 Å². The van der Waals surface area contributed by atoms with E-state index in [0.717, 1.165) is 42.1 Å². The average molecular weight is 418 g/mol. The summed E-state index contributed by atoms with van der Waals surface area (Å²) in [6.45, 7) is 3.78. The first-order valence-electron chi connectivity index (χ1n) is 11.1. The molecular weight excluding hydrogens is 386 g/mol. The van der Waals surface area contributed by atoms with Crippen molar-refractivity contribution in [2.75, 3.05) is 25.4 Å². The SMILES string of the molecule is Cc1cc(C(=O)CS(=O)(=O)N2CCC2)ccc1OCC12CC3CC(CC(C3)C1)C2. The van der Waals surface area contributed by atoms with Gasteiger partial charge in [-0.2, -0.15) is 0 Å². The molecule has 0 aromatic heterocycles. The number of ether oxygens (including phenoxy) is 1. The molecule has 0 atom stereocenters. The minimum atomic E-state index is -3.48. The van der Waals surface area contributed by atoms with Crippen molar-refractivity contribution in [2.24, 2.45) is 23.2 Å². The van der Waals surface area contributed by atoms with E-state index in [9.17, 15) is 13.2 Å². The molecule has 1 aliphatic heterocycles. The van der Waals surface area contributed by atoms with Gasteiger partial charge in [0.1, 0.15) is 11.5 Å². The Bertz CT molecular complexity index is 884. The number of sulfonamides is 1. The van der Waals surface area contributed by atoms with Gasteiger partial charge in [-0.3, -0.25) is 4.79 Å². The van der Waals surface area contributed by atoms with E-state index >= 15 is 0 Å². The molecule has 6 heteroatoms. The zero-order valence-corrected chi connectivity index (χ0v) is 18.0. The molecule has 0 spiro atoms. The minimum Gasteiger partial charge on any atom is -0.493 e. The highest BCUT2D eigenvalue weighted by Crippen LogP contribution is 2.60. The van der Waals surface area contributed by atoms with Gasteiger partial charge in [0.2, 0.25) is 10.0 Å². The van der Waals surface area contributed by atoms with E-state index < -0.39 is 15.8 Å². The third-order valence-corrected chi connectivity index (χ3v) is 9.50. The van der Waals surface area contributed by atoms with Gasteiger partial charge in [0.25, 0.3) is 0 Å². The first kappa shape index (κ1) is 19.6. The average Bonchev–Trinajstić information content (AvgIpc) is 2.57. The number of rotatable bonds is 7. The van der Waals surface area contributed by atoms with Crippen LogP contribution in [0.25, 0.3) is 0 Å². The maximum atomic E-state index is 12.5. The van der Waals surface area contributed by atoms with E-state index in [-0.39, 0.29) is 5.78 Å². The molecule has 4 bridgehead atoms. The molecule has 4 saturated carbocycles. The number of hydrogen-bond acceptors (Lipinski definition) is 4.